The van der Waals surface area contributed by atoms with Gasteiger partial charge in [-0.2, -0.15) is 5.10 Å². The van der Waals surface area contributed by atoms with E-state index >= 15 is 0 Å². The number of rotatable bonds is 5. The number of pyridine rings is 1. The number of aromatic nitrogens is 4. The zero-order chi connectivity index (χ0) is 16.2. The molecule has 0 bridgehead atoms. The number of hydrogen-bond acceptors (Lipinski definition) is 5. The third-order valence-electron chi connectivity index (χ3n) is 4.35. The molecule has 23 heavy (non-hydrogen) atoms. The van der Waals surface area contributed by atoms with Crippen LogP contribution in [0, 0.1) is 6.92 Å². The van der Waals surface area contributed by atoms with Gasteiger partial charge in [-0.25, -0.2) is 4.98 Å². The van der Waals surface area contributed by atoms with Crippen LogP contribution >= 0.6 is 0 Å². The summed E-state index contributed by atoms with van der Waals surface area (Å²) in [6.07, 6.45) is 6.23. The van der Waals surface area contributed by atoms with Crippen LogP contribution in [-0.4, -0.2) is 57.3 Å². The summed E-state index contributed by atoms with van der Waals surface area (Å²) in [5.74, 6) is 1.07. The summed E-state index contributed by atoms with van der Waals surface area (Å²) in [6, 6.07) is 1.89. The van der Waals surface area contributed by atoms with Crippen molar-refractivity contribution in [2.75, 3.05) is 20.2 Å². The van der Waals surface area contributed by atoms with Gasteiger partial charge in [0, 0.05) is 38.5 Å². The Balaban J connectivity index is 1.61. The lowest BCUT2D eigenvalue weighted by Gasteiger charge is -2.24. The van der Waals surface area contributed by atoms with E-state index in [0.29, 0.717) is 19.6 Å². The van der Waals surface area contributed by atoms with Gasteiger partial charge < -0.3 is 9.64 Å². The van der Waals surface area contributed by atoms with Gasteiger partial charge in [0.1, 0.15) is 12.2 Å². The smallest absolute Gasteiger partial charge is 0.226 e. The molecule has 7 nitrogen and oxygen atoms in total. The molecule has 0 unspecified atom stereocenters. The van der Waals surface area contributed by atoms with Crippen LogP contribution in [0.2, 0.25) is 0 Å². The molecule has 0 saturated carbocycles. The van der Waals surface area contributed by atoms with Crippen molar-refractivity contribution < 1.29 is 9.53 Å². The number of nitrogens with one attached hydrogen (secondary N) is 1. The molecule has 0 spiro atoms. The second-order valence-electron chi connectivity index (χ2n) is 5.93. The minimum Gasteiger partial charge on any atom is -0.376 e. The zero-order valence-electron chi connectivity index (χ0n) is 13.4. The van der Waals surface area contributed by atoms with E-state index in [1.54, 1.807) is 17.3 Å². The third-order valence-corrected chi connectivity index (χ3v) is 4.35. The number of amides is 1. The molecule has 3 heterocycles. The molecule has 122 valence electrons. The normalized spacial score (nSPS) is 20.6. The van der Waals surface area contributed by atoms with Crippen LogP contribution in [0.5, 0.6) is 0 Å². The highest BCUT2D eigenvalue weighted by molar-refractivity contribution is 5.78. The number of aromatic amines is 1. The van der Waals surface area contributed by atoms with Gasteiger partial charge in [0.2, 0.25) is 5.91 Å². The van der Waals surface area contributed by atoms with E-state index in [4.69, 9.17) is 4.74 Å². The van der Waals surface area contributed by atoms with Gasteiger partial charge in [-0.15, -0.1) is 0 Å². The van der Waals surface area contributed by atoms with Gasteiger partial charge in [-0.05, 0) is 30.5 Å². The summed E-state index contributed by atoms with van der Waals surface area (Å²) in [5.41, 5.74) is 2.04. The quantitative estimate of drug-likeness (QED) is 0.892. The summed E-state index contributed by atoms with van der Waals surface area (Å²) in [4.78, 5) is 22.5. The number of ether oxygens (including phenoxy) is 1. The van der Waals surface area contributed by atoms with Crippen molar-refractivity contribution in [1.82, 2.24) is 25.1 Å². The molecule has 1 amide bonds. The molecule has 2 aromatic rings. The van der Waals surface area contributed by atoms with E-state index in [-0.39, 0.29) is 17.9 Å². The molecule has 2 atom stereocenters. The maximum Gasteiger partial charge on any atom is 0.226 e. The first-order valence-electron chi connectivity index (χ1n) is 7.75. The number of aryl methyl sites for hydroxylation is 1. The number of hydrogen-bond donors (Lipinski definition) is 1. The second-order valence-corrected chi connectivity index (χ2v) is 5.93. The Morgan fingerprint density at radius 1 is 1.52 bits per heavy atom. The number of H-pyrrole nitrogens is 1. The average molecular weight is 315 g/mol. The summed E-state index contributed by atoms with van der Waals surface area (Å²) < 4.78 is 5.79. The number of nitrogens with zero attached hydrogens (tertiary/aromatic N) is 4. The molecule has 1 N–H and O–H groups in total. The SMILES string of the molecule is Cc1cnccc1CC(=O)N(C)C[C@H]1OCC[C@H]1c1ncn[nH]1. The second kappa shape index (κ2) is 6.87. The molecular formula is C16H21N5O2. The van der Waals surface area contributed by atoms with E-state index in [1.807, 2.05) is 20.0 Å². The van der Waals surface area contributed by atoms with Crippen LogP contribution in [-0.2, 0) is 16.0 Å². The Hall–Kier alpha value is -2.28. The van der Waals surface area contributed by atoms with Gasteiger partial charge >= 0.3 is 0 Å². The largest absolute Gasteiger partial charge is 0.376 e. The Morgan fingerprint density at radius 2 is 2.39 bits per heavy atom. The fourth-order valence-corrected chi connectivity index (χ4v) is 2.90. The summed E-state index contributed by atoms with van der Waals surface area (Å²) in [5, 5.41) is 6.81. The van der Waals surface area contributed by atoms with Crippen molar-refractivity contribution in [3.63, 3.8) is 0 Å². The molecule has 2 aromatic heterocycles. The van der Waals surface area contributed by atoms with Gasteiger partial charge in [0.25, 0.3) is 0 Å². The minimum atomic E-state index is -0.0459. The highest BCUT2D eigenvalue weighted by Crippen LogP contribution is 2.29. The number of likely N-dealkylation sites (N-methyl/N-ethyl adjacent to an activating group) is 1. The van der Waals surface area contributed by atoms with Gasteiger partial charge in [0.05, 0.1) is 12.5 Å². The average Bonchev–Trinajstić information content (AvgIpc) is 3.20. The lowest BCUT2D eigenvalue weighted by Crippen LogP contribution is -2.37. The van der Waals surface area contributed by atoms with E-state index in [1.165, 1.54) is 6.33 Å². The fraction of sp³-hybridized carbons (Fsp3) is 0.500. The van der Waals surface area contributed by atoms with Crippen molar-refractivity contribution in [2.45, 2.75) is 31.8 Å². The van der Waals surface area contributed by atoms with Gasteiger partial charge in [-0.1, -0.05) is 0 Å². The lowest BCUT2D eigenvalue weighted by atomic mass is 10.00. The van der Waals surface area contributed by atoms with Crippen molar-refractivity contribution in [1.29, 1.82) is 0 Å². The topological polar surface area (TPSA) is 84.0 Å². The zero-order valence-corrected chi connectivity index (χ0v) is 13.4. The highest BCUT2D eigenvalue weighted by Gasteiger charge is 2.33. The monoisotopic (exact) mass is 315 g/mol. The highest BCUT2D eigenvalue weighted by atomic mass is 16.5. The standard InChI is InChI=1S/C16H21N5O2/c1-11-8-17-5-3-12(11)7-15(22)21(2)9-14-13(4-6-23-14)16-18-10-19-20-16/h3,5,8,10,13-14H,4,6-7,9H2,1-2H3,(H,18,19,20)/t13-,14-/m1/s1. The van der Waals surface area contributed by atoms with E-state index in [2.05, 4.69) is 20.2 Å². The van der Waals surface area contributed by atoms with Crippen LogP contribution in [0.1, 0.15) is 29.3 Å². The first kappa shape index (κ1) is 15.6. The minimum absolute atomic E-state index is 0.0459. The molecule has 1 aliphatic rings. The maximum atomic E-state index is 12.5. The summed E-state index contributed by atoms with van der Waals surface area (Å²) >= 11 is 0. The van der Waals surface area contributed by atoms with Gasteiger partial charge in [0.15, 0.2) is 0 Å². The molecule has 0 radical (unpaired) electrons. The van der Waals surface area contributed by atoms with Crippen molar-refractivity contribution in [3.8, 4) is 0 Å². The van der Waals surface area contributed by atoms with Crippen molar-refractivity contribution in [3.05, 3.63) is 41.7 Å². The van der Waals surface area contributed by atoms with Crippen LogP contribution < -0.4 is 0 Å². The molecule has 1 fully saturated rings. The van der Waals surface area contributed by atoms with Crippen molar-refractivity contribution >= 4 is 5.91 Å². The lowest BCUT2D eigenvalue weighted by molar-refractivity contribution is -0.130. The van der Waals surface area contributed by atoms with Crippen LogP contribution in [0.15, 0.2) is 24.8 Å². The Labute approximate surface area is 135 Å². The number of carbonyl (C=O) groups excluding carboxylic acids is 1. The molecule has 0 aromatic carbocycles. The first-order valence-corrected chi connectivity index (χ1v) is 7.75. The Kier molecular flexibility index (Phi) is 4.66. The Bertz CT molecular complexity index is 658. The predicted molar refractivity (Wildman–Crippen MR) is 83.8 cm³/mol. The van der Waals surface area contributed by atoms with Crippen LogP contribution in [0.3, 0.4) is 0 Å². The maximum absolute atomic E-state index is 12.5. The molecule has 1 saturated heterocycles. The molecule has 7 heteroatoms. The first-order chi connectivity index (χ1) is 11.1. The van der Waals surface area contributed by atoms with Crippen LogP contribution in [0.4, 0.5) is 0 Å². The predicted octanol–water partition coefficient (Wildman–Crippen LogP) is 1.08. The Morgan fingerprint density at radius 3 is 3.13 bits per heavy atom. The number of carbonyl (C=O) groups is 1. The van der Waals surface area contributed by atoms with Gasteiger partial charge in [-0.3, -0.25) is 14.9 Å². The van der Waals surface area contributed by atoms with E-state index < -0.39 is 0 Å². The molecular weight excluding hydrogens is 294 g/mol. The molecule has 3 rings (SSSR count). The summed E-state index contributed by atoms with van der Waals surface area (Å²) in [7, 11) is 1.82. The van der Waals surface area contributed by atoms with E-state index in [0.717, 1.165) is 23.4 Å². The molecule has 1 aliphatic heterocycles. The van der Waals surface area contributed by atoms with Crippen molar-refractivity contribution in [2.24, 2.45) is 0 Å². The fourth-order valence-electron chi connectivity index (χ4n) is 2.90. The van der Waals surface area contributed by atoms with Crippen LogP contribution in [0.25, 0.3) is 0 Å². The summed E-state index contributed by atoms with van der Waals surface area (Å²) in [6.45, 7) is 3.20. The van der Waals surface area contributed by atoms with E-state index in [9.17, 15) is 4.79 Å². The third kappa shape index (κ3) is 3.56. The molecule has 0 aliphatic carbocycles.